The van der Waals surface area contributed by atoms with Gasteiger partial charge >= 0.3 is 0 Å². The van der Waals surface area contributed by atoms with Gasteiger partial charge in [-0.25, -0.2) is 0 Å². The van der Waals surface area contributed by atoms with Crippen molar-refractivity contribution < 1.29 is 19.1 Å². The van der Waals surface area contributed by atoms with Crippen molar-refractivity contribution in [1.29, 1.82) is 0 Å². The maximum atomic E-state index is 13.3. The highest BCUT2D eigenvalue weighted by Gasteiger charge is 2.44. The van der Waals surface area contributed by atoms with Crippen LogP contribution >= 0.6 is 0 Å². The molecule has 2 amide bonds. The number of hydrogen-bond acceptors (Lipinski definition) is 5. The second-order valence-electron chi connectivity index (χ2n) is 10.5. The van der Waals surface area contributed by atoms with Crippen LogP contribution in [0, 0.1) is 29.6 Å². The van der Waals surface area contributed by atoms with E-state index in [1.165, 1.54) is 0 Å². The van der Waals surface area contributed by atoms with E-state index in [0.717, 1.165) is 45.4 Å². The number of amides is 2. The molecule has 7 nitrogen and oxygen atoms in total. The van der Waals surface area contributed by atoms with E-state index >= 15 is 0 Å². The lowest BCUT2D eigenvalue weighted by atomic mass is 9.69. The standard InChI is InChI=1S/C25H43N3O4/c1-6-28(20-7-9-32-10-8-20)23-13-19(18(5)29)12-21(17(23)4)24(30)26-14-22-15(2)11-16(3)27-25(22)31/h15-17,19-23H,6-14H2,1-5H3,(H,26,30)(H,27,31). The van der Waals surface area contributed by atoms with Gasteiger partial charge in [0.15, 0.2) is 0 Å². The Hall–Kier alpha value is -1.47. The van der Waals surface area contributed by atoms with Crippen LogP contribution in [0.1, 0.15) is 66.7 Å². The molecule has 0 aromatic carbocycles. The van der Waals surface area contributed by atoms with Crippen molar-refractivity contribution in [1.82, 2.24) is 15.5 Å². The first kappa shape index (κ1) is 25.2. The van der Waals surface area contributed by atoms with Crippen LogP contribution in [0.15, 0.2) is 0 Å². The molecule has 0 bridgehead atoms. The predicted octanol–water partition coefficient (Wildman–Crippen LogP) is 2.38. The quantitative estimate of drug-likeness (QED) is 0.623. The Kier molecular flexibility index (Phi) is 8.73. The van der Waals surface area contributed by atoms with Crippen molar-refractivity contribution in [3.05, 3.63) is 0 Å². The molecule has 0 aromatic rings. The van der Waals surface area contributed by atoms with E-state index in [-0.39, 0.29) is 59.3 Å². The highest BCUT2D eigenvalue weighted by molar-refractivity contribution is 5.84. The molecule has 2 aliphatic heterocycles. The monoisotopic (exact) mass is 449 g/mol. The Labute approximate surface area is 193 Å². The van der Waals surface area contributed by atoms with Gasteiger partial charge in [-0.05, 0) is 64.3 Å². The molecule has 1 aliphatic carbocycles. The predicted molar refractivity (Wildman–Crippen MR) is 124 cm³/mol. The summed E-state index contributed by atoms with van der Waals surface area (Å²) in [6, 6.07) is 0.841. The third kappa shape index (κ3) is 5.71. The summed E-state index contributed by atoms with van der Waals surface area (Å²) < 4.78 is 5.56. The van der Waals surface area contributed by atoms with Gasteiger partial charge in [-0.3, -0.25) is 19.3 Å². The minimum absolute atomic E-state index is 0.00453. The Balaban J connectivity index is 1.70. The first-order valence-electron chi connectivity index (χ1n) is 12.6. The van der Waals surface area contributed by atoms with Gasteiger partial charge in [0.1, 0.15) is 5.78 Å². The van der Waals surface area contributed by atoms with Crippen LogP contribution in [0.5, 0.6) is 0 Å². The zero-order valence-corrected chi connectivity index (χ0v) is 20.6. The number of ether oxygens (including phenoxy) is 1. The first-order chi connectivity index (χ1) is 15.2. The van der Waals surface area contributed by atoms with E-state index in [4.69, 9.17) is 4.74 Å². The number of nitrogens with zero attached hydrogens (tertiary/aromatic N) is 1. The molecule has 3 fully saturated rings. The van der Waals surface area contributed by atoms with Gasteiger partial charge in [0.25, 0.3) is 0 Å². The van der Waals surface area contributed by atoms with Gasteiger partial charge in [0.05, 0.1) is 5.92 Å². The topological polar surface area (TPSA) is 87.7 Å². The fourth-order valence-corrected chi connectivity index (χ4v) is 6.31. The van der Waals surface area contributed by atoms with Crippen molar-refractivity contribution >= 4 is 17.6 Å². The number of carbonyl (C=O) groups is 3. The summed E-state index contributed by atoms with van der Waals surface area (Å²) in [6.45, 7) is 13.0. The van der Waals surface area contributed by atoms with Crippen LogP contribution in [-0.4, -0.2) is 66.9 Å². The van der Waals surface area contributed by atoms with Crippen LogP contribution < -0.4 is 10.6 Å². The van der Waals surface area contributed by atoms with Crippen molar-refractivity contribution in [3.63, 3.8) is 0 Å². The van der Waals surface area contributed by atoms with Crippen LogP contribution in [0.4, 0.5) is 0 Å². The molecule has 1 saturated carbocycles. The second kappa shape index (κ2) is 11.1. The Morgan fingerprint density at radius 3 is 2.41 bits per heavy atom. The van der Waals surface area contributed by atoms with Crippen LogP contribution in [-0.2, 0) is 19.1 Å². The van der Waals surface area contributed by atoms with E-state index in [0.29, 0.717) is 19.0 Å². The third-order valence-corrected chi connectivity index (χ3v) is 8.30. The zero-order valence-electron chi connectivity index (χ0n) is 20.6. The minimum Gasteiger partial charge on any atom is -0.381 e. The summed E-state index contributed by atoms with van der Waals surface area (Å²) in [5.41, 5.74) is 0. The number of Topliss-reactive ketones (excluding diaryl/α,β-unsaturated/α-hetero) is 1. The van der Waals surface area contributed by atoms with Crippen molar-refractivity contribution in [2.75, 3.05) is 26.3 Å². The molecule has 2 N–H and O–H groups in total. The average molecular weight is 450 g/mol. The maximum absolute atomic E-state index is 13.3. The van der Waals surface area contributed by atoms with Crippen LogP contribution in [0.25, 0.3) is 0 Å². The molecule has 7 heteroatoms. The maximum Gasteiger partial charge on any atom is 0.225 e. The Morgan fingerprint density at radius 2 is 1.81 bits per heavy atom. The normalized spacial score (nSPS) is 36.6. The van der Waals surface area contributed by atoms with Gasteiger partial charge in [-0.1, -0.05) is 20.8 Å². The molecule has 3 aliphatic rings. The SMILES string of the molecule is CCN(C1CCOCC1)C1CC(C(C)=O)CC(C(=O)NCC2C(=O)NC(C)CC2C)C1C. The highest BCUT2D eigenvalue weighted by atomic mass is 16.5. The van der Waals surface area contributed by atoms with E-state index in [1.54, 1.807) is 6.92 Å². The lowest BCUT2D eigenvalue weighted by Gasteiger charge is -2.48. The Bertz CT molecular complexity index is 678. The summed E-state index contributed by atoms with van der Waals surface area (Å²) in [7, 11) is 0. The lowest BCUT2D eigenvalue weighted by molar-refractivity contribution is -0.134. The fourth-order valence-electron chi connectivity index (χ4n) is 6.31. The first-order valence-corrected chi connectivity index (χ1v) is 12.6. The summed E-state index contributed by atoms with van der Waals surface area (Å²) in [5, 5.41) is 6.10. The second-order valence-corrected chi connectivity index (χ2v) is 10.5. The van der Waals surface area contributed by atoms with Gasteiger partial charge in [0.2, 0.25) is 11.8 Å². The number of rotatable bonds is 7. The van der Waals surface area contributed by atoms with Crippen molar-refractivity contribution in [2.45, 2.75) is 84.8 Å². The fraction of sp³-hybridized carbons (Fsp3) is 0.880. The molecule has 3 rings (SSSR count). The molecule has 32 heavy (non-hydrogen) atoms. The summed E-state index contributed by atoms with van der Waals surface area (Å²) in [4.78, 5) is 40.7. The molecular formula is C25H43N3O4. The van der Waals surface area contributed by atoms with Gasteiger partial charge in [-0.15, -0.1) is 0 Å². The van der Waals surface area contributed by atoms with Crippen molar-refractivity contribution in [3.8, 4) is 0 Å². The molecule has 0 aromatic heterocycles. The largest absolute Gasteiger partial charge is 0.381 e. The molecular weight excluding hydrogens is 406 g/mol. The molecule has 7 atom stereocenters. The van der Waals surface area contributed by atoms with Gasteiger partial charge in [-0.2, -0.15) is 0 Å². The smallest absolute Gasteiger partial charge is 0.225 e. The zero-order chi connectivity index (χ0) is 23.4. The minimum atomic E-state index is -0.211. The number of hydrogen-bond donors (Lipinski definition) is 2. The molecule has 7 unspecified atom stereocenters. The molecule has 0 spiro atoms. The van der Waals surface area contributed by atoms with Gasteiger partial charge < -0.3 is 15.4 Å². The van der Waals surface area contributed by atoms with Crippen molar-refractivity contribution in [2.24, 2.45) is 29.6 Å². The summed E-state index contributed by atoms with van der Waals surface area (Å²) in [5.74, 6) is 0.117. The average Bonchev–Trinajstić information content (AvgIpc) is 2.75. The number of ketones is 1. The number of piperidine rings is 1. The molecule has 2 saturated heterocycles. The third-order valence-electron chi connectivity index (χ3n) is 8.30. The van der Waals surface area contributed by atoms with E-state index in [2.05, 4.69) is 36.3 Å². The Morgan fingerprint density at radius 1 is 1.12 bits per heavy atom. The number of nitrogens with one attached hydrogen (secondary N) is 2. The summed E-state index contributed by atoms with van der Waals surface area (Å²) in [6.07, 6.45) is 4.37. The van der Waals surface area contributed by atoms with Gasteiger partial charge in [0, 0.05) is 49.7 Å². The molecule has 0 radical (unpaired) electrons. The van der Waals surface area contributed by atoms with Crippen LogP contribution in [0.3, 0.4) is 0 Å². The summed E-state index contributed by atoms with van der Waals surface area (Å²) >= 11 is 0. The lowest BCUT2D eigenvalue weighted by Crippen LogP contribution is -2.56. The molecule has 2 heterocycles. The van der Waals surface area contributed by atoms with E-state index in [9.17, 15) is 14.4 Å². The highest BCUT2D eigenvalue weighted by Crippen LogP contribution is 2.39. The van der Waals surface area contributed by atoms with E-state index in [1.807, 2.05) is 6.92 Å². The number of carbonyl (C=O) groups excluding carboxylic acids is 3. The van der Waals surface area contributed by atoms with E-state index < -0.39 is 0 Å². The van der Waals surface area contributed by atoms with Crippen LogP contribution in [0.2, 0.25) is 0 Å². The molecule has 182 valence electrons.